The maximum Gasteiger partial charge on any atom is 0.290 e. The fraction of sp³-hybridized carbons (Fsp3) is 0.261. The van der Waals surface area contributed by atoms with Crippen molar-refractivity contribution in [1.29, 1.82) is 0 Å². The zero-order valence-corrected chi connectivity index (χ0v) is 19.2. The van der Waals surface area contributed by atoms with Gasteiger partial charge in [-0.25, -0.2) is 0 Å². The number of halogens is 1. The van der Waals surface area contributed by atoms with E-state index in [0.29, 0.717) is 35.4 Å². The molecule has 0 radical (unpaired) electrons. The van der Waals surface area contributed by atoms with E-state index in [4.69, 9.17) is 14.9 Å². The van der Waals surface area contributed by atoms with Gasteiger partial charge in [0.2, 0.25) is 5.76 Å². The van der Waals surface area contributed by atoms with Crippen LogP contribution in [0.15, 0.2) is 56.1 Å². The highest BCUT2D eigenvalue weighted by Gasteiger charge is 2.42. The van der Waals surface area contributed by atoms with E-state index in [1.807, 2.05) is 19.0 Å². The zero-order chi connectivity index (χ0) is 23.0. The number of fused-ring (bicyclic) bond motifs is 2. The Labute approximate surface area is 192 Å². The van der Waals surface area contributed by atoms with E-state index in [1.54, 1.807) is 47.4 Å². The van der Waals surface area contributed by atoms with Gasteiger partial charge in [0.15, 0.2) is 12.0 Å². The number of nitrogens with zero attached hydrogens (tertiary/aromatic N) is 2. The van der Waals surface area contributed by atoms with Gasteiger partial charge in [-0.3, -0.25) is 14.4 Å². The number of primary amides is 1. The minimum atomic E-state index is -0.595. The van der Waals surface area contributed by atoms with Gasteiger partial charge in [0.05, 0.1) is 17.0 Å². The van der Waals surface area contributed by atoms with E-state index in [2.05, 4.69) is 15.9 Å². The number of likely N-dealkylation sites (N-methyl/N-ethyl adjacent to an activating group) is 1. The first-order valence-corrected chi connectivity index (χ1v) is 10.8. The van der Waals surface area contributed by atoms with Crippen LogP contribution in [0.3, 0.4) is 0 Å². The van der Waals surface area contributed by atoms with Crippen LogP contribution in [-0.4, -0.2) is 55.4 Å². The molecule has 0 fully saturated rings. The lowest BCUT2D eigenvalue weighted by Gasteiger charge is -2.26. The van der Waals surface area contributed by atoms with Crippen LogP contribution in [0.2, 0.25) is 0 Å². The standard InChI is InChI=1S/C23H22BrN3O5/c1-26(2)9-10-27-20(13-3-6-15(7-4-13)31-12-18(25)28)19-21(29)16-11-14(24)5-8-17(16)32-22(19)23(27)30/h3-8,11,20H,9-10,12H2,1-2H3,(H2,25,28). The van der Waals surface area contributed by atoms with Gasteiger partial charge in [-0.05, 0) is 50.0 Å². The molecule has 1 aromatic heterocycles. The third-order valence-corrected chi connectivity index (χ3v) is 5.79. The molecule has 3 aromatic rings. The van der Waals surface area contributed by atoms with Gasteiger partial charge in [-0.15, -0.1) is 0 Å². The smallest absolute Gasteiger partial charge is 0.290 e. The molecule has 32 heavy (non-hydrogen) atoms. The molecule has 0 aliphatic carbocycles. The summed E-state index contributed by atoms with van der Waals surface area (Å²) in [4.78, 5) is 41.4. The van der Waals surface area contributed by atoms with E-state index in [9.17, 15) is 14.4 Å². The van der Waals surface area contributed by atoms with Crippen LogP contribution < -0.4 is 15.9 Å². The summed E-state index contributed by atoms with van der Waals surface area (Å²) >= 11 is 3.39. The first-order valence-electron chi connectivity index (χ1n) is 9.99. The Morgan fingerprint density at radius 3 is 2.56 bits per heavy atom. The summed E-state index contributed by atoms with van der Waals surface area (Å²) in [5, 5.41) is 0.409. The Balaban J connectivity index is 1.82. The van der Waals surface area contributed by atoms with E-state index in [0.717, 1.165) is 10.0 Å². The van der Waals surface area contributed by atoms with Crippen LogP contribution in [-0.2, 0) is 4.79 Å². The summed E-state index contributed by atoms with van der Waals surface area (Å²) in [6, 6.07) is 11.5. The highest BCUT2D eigenvalue weighted by atomic mass is 79.9. The topological polar surface area (TPSA) is 106 Å². The first-order chi connectivity index (χ1) is 15.3. The van der Waals surface area contributed by atoms with E-state index < -0.39 is 11.9 Å². The number of carbonyl (C=O) groups excluding carboxylic acids is 2. The maximum atomic E-state index is 13.5. The van der Waals surface area contributed by atoms with Crippen LogP contribution in [0.25, 0.3) is 11.0 Å². The van der Waals surface area contributed by atoms with E-state index >= 15 is 0 Å². The van der Waals surface area contributed by atoms with Crippen molar-refractivity contribution in [3.8, 4) is 5.75 Å². The van der Waals surface area contributed by atoms with Crippen LogP contribution in [0, 0.1) is 0 Å². The minimum absolute atomic E-state index is 0.0719. The molecule has 8 nitrogen and oxygen atoms in total. The lowest BCUT2D eigenvalue weighted by molar-refractivity contribution is -0.119. The van der Waals surface area contributed by atoms with Gasteiger partial charge in [0, 0.05) is 17.6 Å². The van der Waals surface area contributed by atoms with Gasteiger partial charge in [-0.1, -0.05) is 28.1 Å². The number of rotatable bonds is 7. The molecule has 166 valence electrons. The van der Waals surface area contributed by atoms with Crippen molar-refractivity contribution in [2.75, 3.05) is 33.8 Å². The van der Waals surface area contributed by atoms with Crippen LogP contribution in [0.1, 0.15) is 27.7 Å². The lowest BCUT2D eigenvalue weighted by atomic mass is 9.98. The largest absolute Gasteiger partial charge is 0.484 e. The van der Waals surface area contributed by atoms with Crippen molar-refractivity contribution in [3.05, 3.63) is 74.0 Å². The van der Waals surface area contributed by atoms with Crippen molar-refractivity contribution in [3.63, 3.8) is 0 Å². The molecule has 1 atom stereocenters. The fourth-order valence-electron chi connectivity index (χ4n) is 3.78. The Kier molecular flexibility index (Phi) is 6.03. The number of nitrogens with two attached hydrogens (primary N) is 1. The summed E-state index contributed by atoms with van der Waals surface area (Å²) in [6.45, 7) is 0.804. The second-order valence-electron chi connectivity index (χ2n) is 7.84. The van der Waals surface area contributed by atoms with Gasteiger partial charge < -0.3 is 24.7 Å². The quantitative estimate of drug-likeness (QED) is 0.535. The van der Waals surface area contributed by atoms with Crippen molar-refractivity contribution in [2.45, 2.75) is 6.04 Å². The predicted molar refractivity (Wildman–Crippen MR) is 123 cm³/mol. The van der Waals surface area contributed by atoms with Gasteiger partial charge in [0.1, 0.15) is 11.3 Å². The molecule has 1 aliphatic heterocycles. The Morgan fingerprint density at radius 1 is 1.19 bits per heavy atom. The number of carbonyl (C=O) groups is 2. The molecule has 4 rings (SSSR count). The lowest BCUT2D eigenvalue weighted by Crippen LogP contribution is -2.35. The molecule has 1 unspecified atom stereocenters. The van der Waals surface area contributed by atoms with Gasteiger partial charge in [-0.2, -0.15) is 0 Å². The van der Waals surface area contributed by atoms with Crippen LogP contribution in [0.4, 0.5) is 0 Å². The predicted octanol–water partition coefficient (Wildman–Crippen LogP) is 2.53. The molecule has 0 bridgehead atoms. The molecule has 2 aromatic carbocycles. The van der Waals surface area contributed by atoms with Crippen molar-refractivity contribution in [1.82, 2.24) is 9.80 Å². The molecule has 1 aliphatic rings. The zero-order valence-electron chi connectivity index (χ0n) is 17.6. The second kappa shape index (κ2) is 8.76. The molecule has 0 saturated heterocycles. The Bertz CT molecular complexity index is 1250. The third kappa shape index (κ3) is 4.13. The Hall–Kier alpha value is -3.17. The van der Waals surface area contributed by atoms with Crippen LogP contribution >= 0.6 is 15.9 Å². The van der Waals surface area contributed by atoms with E-state index in [1.165, 1.54) is 0 Å². The summed E-state index contributed by atoms with van der Waals surface area (Å²) < 4.78 is 12.0. The number of benzene rings is 2. The molecule has 0 saturated carbocycles. The first kappa shape index (κ1) is 22.0. The summed E-state index contributed by atoms with van der Waals surface area (Å²) in [7, 11) is 3.84. The Morgan fingerprint density at radius 2 is 1.91 bits per heavy atom. The summed E-state index contributed by atoms with van der Waals surface area (Å²) in [5.74, 6) is -0.355. The minimum Gasteiger partial charge on any atom is -0.484 e. The molecule has 0 spiro atoms. The summed E-state index contributed by atoms with van der Waals surface area (Å²) in [5.41, 5.74) is 6.33. The monoisotopic (exact) mass is 499 g/mol. The van der Waals surface area contributed by atoms with Gasteiger partial charge >= 0.3 is 0 Å². The molecule has 2 heterocycles. The molecule has 9 heteroatoms. The third-order valence-electron chi connectivity index (χ3n) is 5.29. The molecule has 2 amide bonds. The average molecular weight is 500 g/mol. The number of amides is 2. The highest BCUT2D eigenvalue weighted by molar-refractivity contribution is 9.10. The van der Waals surface area contributed by atoms with Crippen molar-refractivity contribution in [2.24, 2.45) is 5.73 Å². The molecular formula is C23H22BrN3O5. The van der Waals surface area contributed by atoms with Crippen molar-refractivity contribution >= 4 is 38.7 Å². The average Bonchev–Trinajstić information content (AvgIpc) is 3.03. The number of hydrogen-bond acceptors (Lipinski definition) is 6. The SMILES string of the molecule is CN(C)CCN1C(=O)c2oc3ccc(Br)cc3c(=O)c2C1c1ccc(OCC(N)=O)cc1. The van der Waals surface area contributed by atoms with Crippen molar-refractivity contribution < 1.29 is 18.7 Å². The normalized spacial score (nSPS) is 15.4. The number of ether oxygens (including phenoxy) is 1. The number of hydrogen-bond donors (Lipinski definition) is 1. The fourth-order valence-corrected chi connectivity index (χ4v) is 4.14. The second-order valence-corrected chi connectivity index (χ2v) is 8.76. The van der Waals surface area contributed by atoms with E-state index in [-0.39, 0.29) is 23.7 Å². The van der Waals surface area contributed by atoms with Gasteiger partial charge in [0.25, 0.3) is 11.8 Å². The molecule has 2 N–H and O–H groups in total. The van der Waals surface area contributed by atoms with Crippen LogP contribution in [0.5, 0.6) is 5.75 Å². The molecular weight excluding hydrogens is 478 g/mol. The maximum absolute atomic E-state index is 13.5. The summed E-state index contributed by atoms with van der Waals surface area (Å²) in [6.07, 6.45) is 0. The highest BCUT2D eigenvalue weighted by Crippen LogP contribution is 2.38.